The van der Waals surface area contributed by atoms with Gasteiger partial charge in [-0.25, -0.2) is 18.7 Å². The van der Waals surface area contributed by atoms with Crippen molar-refractivity contribution in [3.8, 4) is 23.2 Å². The Kier molecular flexibility index (Phi) is 14.1. The Morgan fingerprint density at radius 2 is 1.75 bits per heavy atom. The molecule has 2 aromatic heterocycles. The van der Waals surface area contributed by atoms with E-state index < -0.39 is 83.1 Å². The van der Waals surface area contributed by atoms with Crippen LogP contribution in [0.2, 0.25) is 0 Å². The highest BCUT2D eigenvalue weighted by molar-refractivity contribution is 6.08. The van der Waals surface area contributed by atoms with Gasteiger partial charge in [0.1, 0.15) is 30.2 Å². The number of hydrogen-bond donors (Lipinski definition) is 2. The Hall–Kier alpha value is -4.54. The first kappa shape index (κ1) is 46.5. The highest BCUT2D eigenvalue weighted by Gasteiger charge is 2.61. The molecule has 2 aromatic rings. The number of alkyl halides is 1. The van der Waals surface area contributed by atoms with Gasteiger partial charge in [-0.3, -0.25) is 19.3 Å². The molecule has 5 rings (SSSR count). The first-order chi connectivity index (χ1) is 28.1. The third-order valence-corrected chi connectivity index (χ3v) is 12.4. The van der Waals surface area contributed by atoms with Crippen LogP contribution in [0.1, 0.15) is 74.7 Å². The quantitative estimate of drug-likeness (QED) is 0.223. The fraction of sp³-hybridized carbons (Fsp3) is 0.690. The van der Waals surface area contributed by atoms with Crippen molar-refractivity contribution in [1.82, 2.24) is 29.8 Å². The Labute approximate surface area is 349 Å². The minimum Gasteiger partial charge on any atom is -0.455 e. The van der Waals surface area contributed by atoms with E-state index in [1.807, 2.05) is 25.9 Å². The summed E-state index contributed by atoms with van der Waals surface area (Å²) in [5.74, 6) is -0.252. The number of esters is 1. The largest absolute Gasteiger partial charge is 0.455 e. The molecule has 0 saturated carbocycles. The van der Waals surface area contributed by atoms with Crippen molar-refractivity contribution < 1.29 is 52.4 Å². The van der Waals surface area contributed by atoms with E-state index in [-0.39, 0.29) is 49.3 Å². The summed E-state index contributed by atoms with van der Waals surface area (Å²) in [6.07, 6.45) is -2.74. The number of aliphatic hydroxyl groups excluding tert-OH is 1. The van der Waals surface area contributed by atoms with Gasteiger partial charge in [-0.2, -0.15) is 0 Å². The average molecular weight is 843 g/mol. The molecule has 0 aliphatic carbocycles. The lowest BCUT2D eigenvalue weighted by Crippen LogP contribution is -2.61. The number of halogens is 1. The molecule has 3 aliphatic rings. The van der Waals surface area contributed by atoms with Crippen LogP contribution >= 0.6 is 0 Å². The number of fused-ring (bicyclic) bond motifs is 1. The van der Waals surface area contributed by atoms with E-state index in [0.717, 1.165) is 6.92 Å². The predicted octanol–water partition coefficient (Wildman–Crippen LogP) is 2.93. The van der Waals surface area contributed by atoms with Gasteiger partial charge in [0.15, 0.2) is 23.1 Å². The highest BCUT2D eigenvalue weighted by atomic mass is 19.1. The Balaban J connectivity index is 1.50. The maximum Gasteiger partial charge on any atom is 0.411 e. The maximum absolute atomic E-state index is 16.9. The second-order valence-corrected chi connectivity index (χ2v) is 17.1. The van der Waals surface area contributed by atoms with Gasteiger partial charge in [0.05, 0.1) is 42.3 Å². The predicted molar refractivity (Wildman–Crippen MR) is 214 cm³/mol. The molecule has 17 nitrogen and oxygen atoms in total. The van der Waals surface area contributed by atoms with E-state index in [1.54, 1.807) is 33.9 Å². The van der Waals surface area contributed by atoms with Gasteiger partial charge in [0.2, 0.25) is 0 Å². The van der Waals surface area contributed by atoms with Crippen molar-refractivity contribution in [3.63, 3.8) is 0 Å². The van der Waals surface area contributed by atoms with Crippen LogP contribution in [0.15, 0.2) is 29.3 Å². The summed E-state index contributed by atoms with van der Waals surface area (Å²) in [6.45, 7) is 12.0. The molecule has 3 fully saturated rings. The van der Waals surface area contributed by atoms with Gasteiger partial charge >= 0.3 is 12.1 Å². The van der Waals surface area contributed by atoms with Gasteiger partial charge in [0.25, 0.3) is 5.67 Å². The fourth-order valence-electron chi connectivity index (χ4n) is 9.02. The van der Waals surface area contributed by atoms with Crippen LogP contribution in [-0.2, 0) is 44.6 Å². The van der Waals surface area contributed by atoms with E-state index >= 15 is 4.39 Å². The molecule has 1 amide bonds. The molecule has 60 heavy (non-hydrogen) atoms. The van der Waals surface area contributed by atoms with E-state index in [2.05, 4.69) is 27.1 Å². The molecule has 0 aromatic carbocycles. The number of aliphatic hydroxyl groups is 1. The Bertz CT molecular complexity index is 2030. The number of likely N-dealkylation sites (N-methyl/N-ethyl adjacent to an activating group) is 1. The summed E-state index contributed by atoms with van der Waals surface area (Å²) in [6, 6.07) is 1.31. The van der Waals surface area contributed by atoms with Gasteiger partial charge in [-0.15, -0.1) is 5.10 Å². The molecule has 13 atom stereocenters. The number of carbonyl (C=O) groups excluding carboxylic acids is 4. The molecule has 330 valence electrons. The normalized spacial score (nSPS) is 36.9. The highest BCUT2D eigenvalue weighted by Crippen LogP contribution is 2.43. The molecule has 0 bridgehead atoms. The van der Waals surface area contributed by atoms with E-state index in [9.17, 15) is 29.1 Å². The van der Waals surface area contributed by atoms with Crippen molar-refractivity contribution in [1.29, 1.82) is 0 Å². The standard InChI is InChI=1S/C42H59FN6O11/c1-12-31-42(8)34(49(39(55)60-42)18-14-13-17-48-22-29(45-46-48)28-20-27(50)15-16-44-28)25(4)32(51)23(2)21-40(6,56-11)36(26(5)35(53)41(7,43)38(54)58-31)59-37-33(52)30(47(9)10)19-24(3)57-37/h15-16,20,22-26,30-31,33-34,36-37,52H,12,17-19,21H2,1-11H3,(H,44,50)/t23-,24-,25+,26+,30?,31-,33?,34-,36-,37+,40-,41+,42-/m1/s1. The number of aromatic amines is 1. The summed E-state index contributed by atoms with van der Waals surface area (Å²) in [4.78, 5) is 74.4. The molecule has 0 radical (unpaired) electrons. The van der Waals surface area contributed by atoms with Crippen molar-refractivity contribution >= 4 is 23.6 Å². The first-order valence-corrected chi connectivity index (χ1v) is 20.3. The lowest BCUT2D eigenvalue weighted by Gasteiger charge is -2.47. The number of cyclic esters (lactones) is 1. The van der Waals surface area contributed by atoms with E-state index in [0.29, 0.717) is 17.8 Å². The number of rotatable bonds is 8. The second-order valence-electron chi connectivity index (χ2n) is 17.1. The van der Waals surface area contributed by atoms with Crippen molar-refractivity contribution in [2.45, 2.75) is 141 Å². The molecule has 3 aliphatic heterocycles. The molecule has 3 saturated heterocycles. The Morgan fingerprint density at radius 1 is 1.07 bits per heavy atom. The first-order valence-electron chi connectivity index (χ1n) is 20.3. The maximum atomic E-state index is 16.9. The number of H-pyrrole nitrogens is 1. The zero-order valence-electron chi connectivity index (χ0n) is 36.3. The molecular formula is C42H59FN6O11. The lowest BCUT2D eigenvalue weighted by molar-refractivity contribution is -0.295. The van der Waals surface area contributed by atoms with Crippen molar-refractivity contribution in [2.24, 2.45) is 17.8 Å². The van der Waals surface area contributed by atoms with Crippen LogP contribution in [-0.4, -0.2) is 146 Å². The third-order valence-electron chi connectivity index (χ3n) is 12.4. The number of methoxy groups -OCH3 is 1. The smallest absolute Gasteiger partial charge is 0.411 e. The van der Waals surface area contributed by atoms with Crippen LogP contribution in [0.5, 0.6) is 0 Å². The third kappa shape index (κ3) is 9.20. The summed E-state index contributed by atoms with van der Waals surface area (Å²) < 4.78 is 48.7. The molecular weight excluding hydrogens is 783 g/mol. The monoisotopic (exact) mass is 842 g/mol. The number of amides is 1. The molecule has 2 unspecified atom stereocenters. The topological polar surface area (TPSA) is 205 Å². The van der Waals surface area contributed by atoms with Crippen LogP contribution in [0.4, 0.5) is 9.18 Å². The zero-order valence-corrected chi connectivity index (χ0v) is 36.3. The van der Waals surface area contributed by atoms with Crippen LogP contribution in [0.3, 0.4) is 0 Å². The van der Waals surface area contributed by atoms with Crippen LogP contribution in [0, 0.1) is 29.6 Å². The average Bonchev–Trinajstić information content (AvgIpc) is 3.78. The minimum absolute atomic E-state index is 0.0265. The van der Waals surface area contributed by atoms with Gasteiger partial charge in [-0.1, -0.05) is 44.7 Å². The number of pyridine rings is 1. The SMILES string of the molecule is CC[C@H]1OC(=O)[C@@](C)(F)C(=O)[C@H](C)[C@@H](O[C@@H]2O[C@H](C)CC(N(C)C)C2O)[C@](C)(OC)C[C@@H](C)C(=O)[C@H](C)[C@H]2N(CC#CCn3cc(-c4cc(=O)cc[nH]4)nn3)C(=O)O[C@]12C. The lowest BCUT2D eigenvalue weighted by atomic mass is 9.73. The number of carbonyl (C=O) groups is 4. The number of nitrogens with zero attached hydrogens (tertiary/aromatic N) is 5. The van der Waals surface area contributed by atoms with Gasteiger partial charge < -0.3 is 38.7 Å². The van der Waals surface area contributed by atoms with Crippen LogP contribution in [0.25, 0.3) is 11.4 Å². The summed E-state index contributed by atoms with van der Waals surface area (Å²) in [5.41, 5.74) is -5.71. The molecule has 18 heteroatoms. The molecule has 5 heterocycles. The van der Waals surface area contributed by atoms with Crippen molar-refractivity contribution in [3.05, 3.63) is 34.7 Å². The van der Waals surface area contributed by atoms with E-state index in [4.69, 9.17) is 23.7 Å². The number of ketones is 2. The second kappa shape index (κ2) is 18.2. The van der Waals surface area contributed by atoms with Crippen LogP contribution < -0.4 is 5.43 Å². The summed E-state index contributed by atoms with van der Waals surface area (Å²) in [5, 5.41) is 19.5. The van der Waals surface area contributed by atoms with E-state index in [1.165, 1.54) is 48.9 Å². The molecule has 2 N–H and O–H groups in total. The van der Waals surface area contributed by atoms with Gasteiger partial charge in [-0.05, 0) is 61.1 Å². The minimum atomic E-state index is -3.22. The molecule has 0 spiro atoms. The number of Topliss-reactive ketones (excluding diaryl/α,β-unsaturated/α-hetero) is 2. The fourth-order valence-corrected chi connectivity index (χ4v) is 9.02. The zero-order chi connectivity index (χ0) is 44.5. The number of aromatic nitrogens is 4. The summed E-state index contributed by atoms with van der Waals surface area (Å²) >= 11 is 0. The number of nitrogens with one attached hydrogen (secondary N) is 1. The van der Waals surface area contributed by atoms with Gasteiger partial charge in [0, 0.05) is 49.2 Å². The van der Waals surface area contributed by atoms with Crippen molar-refractivity contribution in [2.75, 3.05) is 27.7 Å². The number of ether oxygens (including phenoxy) is 5. The number of hydrogen-bond acceptors (Lipinski definition) is 14. The summed E-state index contributed by atoms with van der Waals surface area (Å²) in [7, 11) is 4.99. The Morgan fingerprint density at radius 3 is 2.38 bits per heavy atom.